The zero-order chi connectivity index (χ0) is 24.3. The highest BCUT2D eigenvalue weighted by Crippen LogP contribution is 2.40. The third-order valence-electron chi connectivity index (χ3n) is 6.39. The first kappa shape index (κ1) is 24.7. The molecule has 2 heteroatoms. The van der Waals surface area contributed by atoms with Gasteiger partial charge in [0.05, 0.1) is 19.3 Å². The van der Waals surface area contributed by atoms with Crippen LogP contribution in [0.1, 0.15) is 35.6 Å². The van der Waals surface area contributed by atoms with Crippen LogP contribution in [-0.2, 0) is 21.7 Å². The van der Waals surface area contributed by atoms with Crippen LogP contribution in [0.2, 0.25) is 0 Å². The molecule has 0 aliphatic carbocycles. The Morgan fingerprint density at radius 1 is 0.686 bits per heavy atom. The van der Waals surface area contributed by atoms with E-state index in [9.17, 15) is 0 Å². The quantitative estimate of drug-likeness (QED) is 0.158. The fourth-order valence-corrected chi connectivity index (χ4v) is 4.47. The van der Waals surface area contributed by atoms with Crippen molar-refractivity contribution < 1.29 is 9.47 Å². The second kappa shape index (κ2) is 12.3. The number of ether oxygens (including phenoxy) is 2. The summed E-state index contributed by atoms with van der Waals surface area (Å²) in [6, 6.07) is 41.7. The maximum absolute atomic E-state index is 7.02. The van der Waals surface area contributed by atoms with E-state index < -0.39 is 5.60 Å². The molecule has 2 nitrogen and oxygen atoms in total. The van der Waals surface area contributed by atoms with Gasteiger partial charge in [-0.3, -0.25) is 0 Å². The molecule has 0 fully saturated rings. The van der Waals surface area contributed by atoms with Crippen LogP contribution in [0.4, 0.5) is 0 Å². The van der Waals surface area contributed by atoms with Crippen LogP contribution in [0.5, 0.6) is 0 Å². The SMILES string of the molecule is C=C[C@@H](C)C[C@H](COC(c1ccccc1)(c1ccccc1)c1ccccc1)OCc1ccccc1. The maximum atomic E-state index is 7.02. The normalized spacial score (nSPS) is 13.2. The van der Waals surface area contributed by atoms with Gasteiger partial charge in [-0.1, -0.05) is 134 Å². The first-order valence-electron chi connectivity index (χ1n) is 12.3. The molecule has 0 spiro atoms. The van der Waals surface area contributed by atoms with Gasteiger partial charge in [-0.05, 0) is 34.6 Å². The Labute approximate surface area is 209 Å². The summed E-state index contributed by atoms with van der Waals surface area (Å²) in [5, 5.41) is 0. The Balaban J connectivity index is 1.70. The van der Waals surface area contributed by atoms with Gasteiger partial charge in [0, 0.05) is 0 Å². The van der Waals surface area contributed by atoms with E-state index in [1.807, 2.05) is 42.5 Å². The second-order valence-electron chi connectivity index (χ2n) is 8.96. The van der Waals surface area contributed by atoms with Crippen molar-refractivity contribution in [2.45, 2.75) is 31.7 Å². The van der Waals surface area contributed by atoms with Crippen molar-refractivity contribution in [2.75, 3.05) is 6.61 Å². The van der Waals surface area contributed by atoms with Crippen molar-refractivity contribution in [1.29, 1.82) is 0 Å². The van der Waals surface area contributed by atoms with E-state index in [1.54, 1.807) is 0 Å². The van der Waals surface area contributed by atoms with Crippen molar-refractivity contribution in [3.63, 3.8) is 0 Å². The molecule has 4 aromatic rings. The lowest BCUT2D eigenvalue weighted by Crippen LogP contribution is -2.36. The molecule has 0 amide bonds. The van der Waals surface area contributed by atoms with E-state index in [0.717, 1.165) is 28.7 Å². The molecule has 0 aromatic heterocycles. The Kier molecular flexibility index (Phi) is 8.67. The molecule has 35 heavy (non-hydrogen) atoms. The number of benzene rings is 4. The van der Waals surface area contributed by atoms with Crippen LogP contribution in [0.15, 0.2) is 134 Å². The molecule has 0 radical (unpaired) electrons. The van der Waals surface area contributed by atoms with E-state index in [-0.39, 0.29) is 6.10 Å². The monoisotopic (exact) mass is 462 g/mol. The van der Waals surface area contributed by atoms with E-state index in [1.165, 1.54) is 0 Å². The van der Waals surface area contributed by atoms with E-state index in [2.05, 4.69) is 98.4 Å². The smallest absolute Gasteiger partial charge is 0.143 e. The average Bonchev–Trinajstić information content (AvgIpc) is 2.94. The van der Waals surface area contributed by atoms with Gasteiger partial charge in [-0.2, -0.15) is 0 Å². The molecule has 0 saturated heterocycles. The third kappa shape index (κ3) is 6.16. The molecule has 0 aliphatic rings. The number of hydrogen-bond acceptors (Lipinski definition) is 2. The topological polar surface area (TPSA) is 18.5 Å². The highest BCUT2D eigenvalue weighted by Gasteiger charge is 2.38. The Morgan fingerprint density at radius 3 is 1.54 bits per heavy atom. The van der Waals surface area contributed by atoms with Crippen molar-refractivity contribution in [3.05, 3.63) is 156 Å². The number of allylic oxidation sites excluding steroid dienone is 1. The molecule has 2 atom stereocenters. The van der Waals surface area contributed by atoms with Crippen molar-refractivity contribution in [3.8, 4) is 0 Å². The van der Waals surface area contributed by atoms with Gasteiger partial charge in [0.15, 0.2) is 0 Å². The summed E-state index contributed by atoms with van der Waals surface area (Å²) in [7, 11) is 0. The van der Waals surface area contributed by atoms with Gasteiger partial charge in [0.25, 0.3) is 0 Å². The molecule has 0 saturated carbocycles. The Bertz CT molecular complexity index is 1040. The minimum absolute atomic E-state index is 0.0845. The molecule has 0 unspecified atom stereocenters. The lowest BCUT2D eigenvalue weighted by atomic mass is 9.80. The summed E-state index contributed by atoms with van der Waals surface area (Å²) in [5.74, 6) is 0.318. The molecule has 4 rings (SSSR count). The predicted octanol–water partition coefficient (Wildman–Crippen LogP) is 7.79. The largest absolute Gasteiger partial charge is 0.371 e. The molecule has 0 aliphatic heterocycles. The maximum Gasteiger partial charge on any atom is 0.143 e. The van der Waals surface area contributed by atoms with Gasteiger partial charge in [-0.15, -0.1) is 6.58 Å². The zero-order valence-corrected chi connectivity index (χ0v) is 20.4. The van der Waals surface area contributed by atoms with E-state index in [4.69, 9.17) is 9.47 Å². The molecule has 0 heterocycles. The minimum Gasteiger partial charge on any atom is -0.371 e. The van der Waals surface area contributed by atoms with Gasteiger partial charge < -0.3 is 9.47 Å². The summed E-state index contributed by atoms with van der Waals surface area (Å²) in [5.41, 5.74) is 3.68. The average molecular weight is 463 g/mol. The highest BCUT2D eigenvalue weighted by atomic mass is 16.5. The van der Waals surface area contributed by atoms with Gasteiger partial charge in [-0.25, -0.2) is 0 Å². The van der Waals surface area contributed by atoms with Crippen molar-refractivity contribution in [2.24, 2.45) is 5.92 Å². The van der Waals surface area contributed by atoms with Crippen LogP contribution in [0.3, 0.4) is 0 Å². The van der Waals surface area contributed by atoms with Crippen LogP contribution < -0.4 is 0 Å². The summed E-state index contributed by atoms with van der Waals surface area (Å²) in [4.78, 5) is 0. The van der Waals surface area contributed by atoms with Gasteiger partial charge >= 0.3 is 0 Å². The lowest BCUT2D eigenvalue weighted by Gasteiger charge is -2.37. The highest BCUT2D eigenvalue weighted by molar-refractivity contribution is 5.47. The second-order valence-corrected chi connectivity index (χ2v) is 8.96. The van der Waals surface area contributed by atoms with Crippen LogP contribution in [0.25, 0.3) is 0 Å². The first-order valence-corrected chi connectivity index (χ1v) is 12.3. The zero-order valence-electron chi connectivity index (χ0n) is 20.4. The van der Waals surface area contributed by atoms with E-state index in [0.29, 0.717) is 19.1 Å². The van der Waals surface area contributed by atoms with Crippen LogP contribution in [-0.4, -0.2) is 12.7 Å². The summed E-state index contributed by atoms with van der Waals surface area (Å²) in [6.45, 7) is 7.16. The number of rotatable bonds is 12. The molecular formula is C33H34O2. The summed E-state index contributed by atoms with van der Waals surface area (Å²) < 4.78 is 13.5. The molecule has 4 aromatic carbocycles. The molecule has 0 bridgehead atoms. The summed E-state index contributed by atoms with van der Waals surface area (Å²) >= 11 is 0. The Morgan fingerprint density at radius 2 is 1.11 bits per heavy atom. The van der Waals surface area contributed by atoms with Gasteiger partial charge in [0.1, 0.15) is 5.60 Å². The predicted molar refractivity (Wildman–Crippen MR) is 144 cm³/mol. The third-order valence-corrected chi connectivity index (χ3v) is 6.39. The lowest BCUT2D eigenvalue weighted by molar-refractivity contribution is -0.0750. The standard InChI is InChI=1S/C33H34O2/c1-3-27(2)24-32(34-25-28-16-8-4-9-17-28)26-35-33(29-18-10-5-11-19-29,30-20-12-6-13-21-30)31-22-14-7-15-23-31/h3-23,27,32H,1,24-26H2,2H3/t27-,32-/m1/s1. The van der Waals surface area contributed by atoms with Crippen LogP contribution >= 0.6 is 0 Å². The Hall–Kier alpha value is -3.46. The minimum atomic E-state index is -0.754. The number of hydrogen-bond donors (Lipinski definition) is 0. The molecular weight excluding hydrogens is 428 g/mol. The fourth-order valence-electron chi connectivity index (χ4n) is 4.47. The van der Waals surface area contributed by atoms with Crippen molar-refractivity contribution in [1.82, 2.24) is 0 Å². The fraction of sp³-hybridized carbons (Fsp3) is 0.212. The summed E-state index contributed by atoms with van der Waals surface area (Å²) in [6.07, 6.45) is 2.74. The van der Waals surface area contributed by atoms with E-state index >= 15 is 0 Å². The van der Waals surface area contributed by atoms with Gasteiger partial charge in [0.2, 0.25) is 0 Å². The first-order chi connectivity index (χ1) is 17.2. The molecule has 178 valence electrons. The van der Waals surface area contributed by atoms with Crippen molar-refractivity contribution >= 4 is 0 Å². The molecule has 0 N–H and O–H groups in total. The van der Waals surface area contributed by atoms with Crippen LogP contribution in [0, 0.1) is 5.92 Å².